The van der Waals surface area contributed by atoms with Gasteiger partial charge in [-0.2, -0.15) is 0 Å². The summed E-state index contributed by atoms with van der Waals surface area (Å²) in [6.07, 6.45) is 4.27. The van der Waals surface area contributed by atoms with E-state index in [9.17, 15) is 0 Å². The minimum Gasteiger partial charge on any atom is -0.459 e. The van der Waals surface area contributed by atoms with Crippen LogP contribution in [0.15, 0.2) is 27.2 Å². The summed E-state index contributed by atoms with van der Waals surface area (Å²) in [5, 5.41) is 0. The number of oxazole rings is 1. The molecule has 0 unspecified atom stereocenters. The molecule has 0 spiro atoms. The van der Waals surface area contributed by atoms with Gasteiger partial charge >= 0.3 is 0 Å². The predicted octanol–water partition coefficient (Wildman–Crippen LogP) is 3.80. The van der Waals surface area contributed by atoms with E-state index in [0.29, 0.717) is 17.7 Å². The summed E-state index contributed by atoms with van der Waals surface area (Å²) in [4.78, 5) is 9.58. The first-order valence-electron chi connectivity index (χ1n) is 8.95. The predicted molar refractivity (Wildman–Crippen MR) is 94.7 cm³/mol. The zero-order chi connectivity index (χ0) is 17.1. The van der Waals surface area contributed by atoms with Crippen LogP contribution in [0.1, 0.15) is 38.1 Å². The van der Waals surface area contributed by atoms with Gasteiger partial charge in [0, 0.05) is 25.7 Å². The highest BCUT2D eigenvalue weighted by molar-refractivity contribution is 5.44. The molecular weight excluding hydrogens is 302 g/mol. The van der Waals surface area contributed by atoms with E-state index in [4.69, 9.17) is 8.83 Å². The molecule has 0 aliphatic carbocycles. The van der Waals surface area contributed by atoms with Crippen molar-refractivity contribution < 1.29 is 8.83 Å². The van der Waals surface area contributed by atoms with E-state index < -0.39 is 0 Å². The molecule has 3 rings (SSSR count). The topological polar surface area (TPSA) is 45.7 Å². The van der Waals surface area contributed by atoms with Crippen LogP contribution in [-0.2, 0) is 6.54 Å². The number of aromatic nitrogens is 1. The quantitative estimate of drug-likeness (QED) is 0.806. The molecule has 5 heteroatoms. The van der Waals surface area contributed by atoms with Crippen LogP contribution >= 0.6 is 0 Å². The summed E-state index contributed by atoms with van der Waals surface area (Å²) in [7, 11) is 2.18. The van der Waals surface area contributed by atoms with Crippen molar-refractivity contribution in [2.45, 2.75) is 46.2 Å². The molecule has 1 saturated heterocycles. The Morgan fingerprint density at radius 3 is 2.96 bits per heavy atom. The SMILES string of the molecule is Cc1oc(-c2ccco2)nc1CN(C)C[C@@H]1CCCN(C(C)C)C1. The molecule has 0 saturated carbocycles. The lowest BCUT2D eigenvalue weighted by Crippen LogP contribution is -2.43. The molecule has 0 N–H and O–H groups in total. The Hall–Kier alpha value is -1.59. The third-order valence-corrected chi connectivity index (χ3v) is 4.89. The van der Waals surface area contributed by atoms with Gasteiger partial charge in [0.1, 0.15) is 5.76 Å². The van der Waals surface area contributed by atoms with Gasteiger partial charge in [0.2, 0.25) is 0 Å². The van der Waals surface area contributed by atoms with Gasteiger partial charge in [-0.15, -0.1) is 0 Å². The maximum absolute atomic E-state index is 5.76. The number of nitrogens with zero attached hydrogens (tertiary/aromatic N) is 3. The lowest BCUT2D eigenvalue weighted by atomic mass is 9.96. The van der Waals surface area contributed by atoms with Crippen molar-refractivity contribution in [3.63, 3.8) is 0 Å². The van der Waals surface area contributed by atoms with Crippen LogP contribution in [0.2, 0.25) is 0 Å². The van der Waals surface area contributed by atoms with Gasteiger partial charge in [0.25, 0.3) is 5.89 Å². The Kier molecular flexibility index (Phi) is 5.41. The van der Waals surface area contributed by atoms with E-state index in [1.807, 2.05) is 19.1 Å². The lowest BCUT2D eigenvalue weighted by molar-refractivity contribution is 0.115. The molecule has 132 valence electrons. The zero-order valence-corrected chi connectivity index (χ0v) is 15.3. The molecule has 1 fully saturated rings. The summed E-state index contributed by atoms with van der Waals surface area (Å²) < 4.78 is 11.1. The van der Waals surface area contributed by atoms with E-state index in [2.05, 4.69) is 35.7 Å². The number of likely N-dealkylation sites (tertiary alicyclic amines) is 1. The average Bonchev–Trinajstić information content (AvgIpc) is 3.18. The van der Waals surface area contributed by atoms with Gasteiger partial charge in [-0.1, -0.05) is 0 Å². The molecule has 1 atom stereocenters. The zero-order valence-electron chi connectivity index (χ0n) is 15.3. The van der Waals surface area contributed by atoms with Crippen LogP contribution in [0, 0.1) is 12.8 Å². The normalized spacial score (nSPS) is 19.5. The van der Waals surface area contributed by atoms with Gasteiger partial charge in [-0.25, -0.2) is 4.98 Å². The summed E-state index contributed by atoms with van der Waals surface area (Å²) in [6, 6.07) is 4.37. The van der Waals surface area contributed by atoms with Crippen LogP contribution in [-0.4, -0.2) is 47.5 Å². The summed E-state index contributed by atoms with van der Waals surface area (Å²) in [5.41, 5.74) is 1.00. The first-order valence-corrected chi connectivity index (χ1v) is 8.95. The maximum atomic E-state index is 5.76. The van der Waals surface area contributed by atoms with Crippen molar-refractivity contribution >= 4 is 0 Å². The highest BCUT2D eigenvalue weighted by Crippen LogP contribution is 2.24. The van der Waals surface area contributed by atoms with Gasteiger partial charge in [-0.05, 0) is 65.3 Å². The molecular formula is C19H29N3O2. The highest BCUT2D eigenvalue weighted by Gasteiger charge is 2.23. The average molecular weight is 331 g/mol. The fourth-order valence-electron chi connectivity index (χ4n) is 3.56. The number of rotatable bonds is 6. The smallest absolute Gasteiger partial charge is 0.263 e. The van der Waals surface area contributed by atoms with Gasteiger partial charge in [0.15, 0.2) is 5.76 Å². The second-order valence-electron chi connectivity index (χ2n) is 7.29. The van der Waals surface area contributed by atoms with Crippen LogP contribution in [0.5, 0.6) is 0 Å². The monoisotopic (exact) mass is 331 g/mol. The minimum atomic E-state index is 0.574. The Labute approximate surface area is 144 Å². The number of piperidine rings is 1. The van der Waals surface area contributed by atoms with Gasteiger partial charge < -0.3 is 18.6 Å². The second kappa shape index (κ2) is 7.53. The largest absolute Gasteiger partial charge is 0.459 e. The number of furan rings is 1. The maximum Gasteiger partial charge on any atom is 0.263 e. The Morgan fingerprint density at radius 1 is 1.42 bits per heavy atom. The molecule has 0 bridgehead atoms. The van der Waals surface area contributed by atoms with Crippen molar-refractivity contribution in [3.8, 4) is 11.7 Å². The standard InChI is InChI=1S/C19H29N3O2/c1-14(2)22-9-5-7-16(12-22)11-21(4)13-17-15(3)24-19(20-17)18-8-6-10-23-18/h6,8,10,14,16H,5,7,9,11-13H2,1-4H3/t16-/m0/s1. The number of hydrogen-bond donors (Lipinski definition) is 0. The lowest BCUT2D eigenvalue weighted by Gasteiger charge is -2.36. The molecule has 0 amide bonds. The third kappa shape index (κ3) is 4.08. The summed E-state index contributed by atoms with van der Waals surface area (Å²) >= 11 is 0. The van der Waals surface area contributed by atoms with E-state index >= 15 is 0 Å². The molecule has 24 heavy (non-hydrogen) atoms. The summed E-state index contributed by atoms with van der Waals surface area (Å²) in [6.45, 7) is 10.9. The fraction of sp³-hybridized carbons (Fsp3) is 0.632. The van der Waals surface area contributed by atoms with Gasteiger partial charge in [-0.3, -0.25) is 0 Å². The number of aryl methyl sites for hydroxylation is 1. The molecule has 5 nitrogen and oxygen atoms in total. The van der Waals surface area contributed by atoms with E-state index in [0.717, 1.165) is 30.5 Å². The van der Waals surface area contributed by atoms with Crippen molar-refractivity contribution in [1.29, 1.82) is 0 Å². The molecule has 0 radical (unpaired) electrons. The third-order valence-electron chi connectivity index (χ3n) is 4.89. The van der Waals surface area contributed by atoms with Crippen LogP contribution in [0.4, 0.5) is 0 Å². The first kappa shape index (κ1) is 17.2. The van der Waals surface area contributed by atoms with E-state index in [-0.39, 0.29) is 0 Å². The molecule has 1 aliphatic heterocycles. The van der Waals surface area contributed by atoms with Crippen LogP contribution in [0.3, 0.4) is 0 Å². The Morgan fingerprint density at radius 2 is 2.25 bits per heavy atom. The molecule has 0 aromatic carbocycles. The van der Waals surface area contributed by atoms with Crippen molar-refractivity contribution in [1.82, 2.24) is 14.8 Å². The van der Waals surface area contributed by atoms with Crippen molar-refractivity contribution in [2.24, 2.45) is 5.92 Å². The van der Waals surface area contributed by atoms with Crippen LogP contribution in [0.25, 0.3) is 11.7 Å². The van der Waals surface area contributed by atoms with E-state index in [1.54, 1.807) is 6.26 Å². The summed E-state index contributed by atoms with van der Waals surface area (Å²) in [5.74, 6) is 2.88. The van der Waals surface area contributed by atoms with Crippen molar-refractivity contribution in [3.05, 3.63) is 29.9 Å². The Bertz CT molecular complexity index is 633. The number of hydrogen-bond acceptors (Lipinski definition) is 5. The van der Waals surface area contributed by atoms with E-state index in [1.165, 1.54) is 25.9 Å². The fourth-order valence-corrected chi connectivity index (χ4v) is 3.56. The van der Waals surface area contributed by atoms with Crippen molar-refractivity contribution in [2.75, 3.05) is 26.7 Å². The van der Waals surface area contributed by atoms with Crippen LogP contribution < -0.4 is 0 Å². The molecule has 2 aromatic heterocycles. The molecule has 2 aromatic rings. The first-order chi connectivity index (χ1) is 11.5. The Balaban J connectivity index is 1.58. The second-order valence-corrected chi connectivity index (χ2v) is 7.29. The molecule has 3 heterocycles. The molecule has 1 aliphatic rings. The highest BCUT2D eigenvalue weighted by atomic mass is 16.4. The minimum absolute atomic E-state index is 0.574. The van der Waals surface area contributed by atoms with Gasteiger partial charge in [0.05, 0.1) is 12.0 Å².